The van der Waals surface area contributed by atoms with Crippen LogP contribution in [0.5, 0.6) is 0 Å². The number of carbonyl (C=O) groups is 1. The van der Waals surface area contributed by atoms with Gasteiger partial charge in [0.1, 0.15) is 17.5 Å². The molecule has 0 atom stereocenters. The lowest BCUT2D eigenvalue weighted by molar-refractivity contribution is 0.141. The average molecular weight is 504 g/mol. The number of hydrogen-bond acceptors (Lipinski definition) is 8. The van der Waals surface area contributed by atoms with Crippen LogP contribution in [0.2, 0.25) is 0 Å². The van der Waals surface area contributed by atoms with E-state index in [9.17, 15) is 10.1 Å². The second-order valence-corrected chi connectivity index (χ2v) is 10.4. The Balaban J connectivity index is 1.24. The van der Waals surface area contributed by atoms with Crippen molar-refractivity contribution >= 4 is 29.2 Å². The molecule has 1 aromatic heterocycles. The Morgan fingerprint density at radius 1 is 1.11 bits per heavy atom. The molecule has 196 valence electrons. The minimum absolute atomic E-state index is 0.0857. The molecule has 3 heterocycles. The lowest BCUT2D eigenvalue weighted by atomic mass is 10.1. The number of carbonyl (C=O) groups excluding carboxylic acids is 1. The number of piperazine rings is 1. The molecular weight excluding hydrogens is 466 g/mol. The SMILES string of the molecule is CN1CCN(c2ccc(Nc3ncc(C#N)c(NCCCN4CCCN(C)C4=O)n3)c(C3CC3)c2)CC1. The largest absolute Gasteiger partial charge is 0.369 e. The van der Waals surface area contributed by atoms with Gasteiger partial charge in [0.25, 0.3) is 0 Å². The van der Waals surface area contributed by atoms with Gasteiger partial charge in [0.15, 0.2) is 0 Å². The summed E-state index contributed by atoms with van der Waals surface area (Å²) in [5.41, 5.74) is 4.04. The van der Waals surface area contributed by atoms with Crippen LogP contribution in [0, 0.1) is 11.3 Å². The molecule has 1 aliphatic carbocycles. The van der Waals surface area contributed by atoms with Gasteiger partial charge in [-0.1, -0.05) is 0 Å². The Morgan fingerprint density at radius 2 is 1.92 bits per heavy atom. The maximum atomic E-state index is 12.3. The van der Waals surface area contributed by atoms with Crippen LogP contribution >= 0.6 is 0 Å². The summed E-state index contributed by atoms with van der Waals surface area (Å²) in [5, 5.41) is 16.3. The quantitative estimate of drug-likeness (QED) is 0.503. The third-order valence-electron chi connectivity index (χ3n) is 7.49. The number of likely N-dealkylation sites (N-methyl/N-ethyl adjacent to an activating group) is 1. The summed E-state index contributed by atoms with van der Waals surface area (Å²) in [6.45, 7) is 7.16. The van der Waals surface area contributed by atoms with Gasteiger partial charge in [-0.3, -0.25) is 0 Å². The van der Waals surface area contributed by atoms with Gasteiger partial charge < -0.3 is 30.2 Å². The molecule has 0 radical (unpaired) electrons. The minimum atomic E-state index is 0.0857. The summed E-state index contributed by atoms with van der Waals surface area (Å²) < 4.78 is 0. The molecule has 0 bridgehead atoms. The molecule has 2 aromatic rings. The zero-order chi connectivity index (χ0) is 25.8. The Morgan fingerprint density at radius 3 is 2.68 bits per heavy atom. The summed E-state index contributed by atoms with van der Waals surface area (Å²) in [6.07, 6.45) is 5.75. The summed E-state index contributed by atoms with van der Waals surface area (Å²) in [6, 6.07) is 8.92. The Kier molecular flexibility index (Phi) is 7.60. The van der Waals surface area contributed by atoms with E-state index in [1.54, 1.807) is 11.1 Å². The average Bonchev–Trinajstić information content (AvgIpc) is 3.75. The maximum Gasteiger partial charge on any atom is 0.319 e. The maximum absolute atomic E-state index is 12.3. The lowest BCUT2D eigenvalue weighted by Crippen LogP contribution is -2.47. The van der Waals surface area contributed by atoms with Crippen molar-refractivity contribution in [2.75, 3.05) is 82.0 Å². The van der Waals surface area contributed by atoms with Gasteiger partial charge in [-0.25, -0.2) is 9.78 Å². The summed E-state index contributed by atoms with van der Waals surface area (Å²) >= 11 is 0. The molecule has 1 saturated carbocycles. The number of hydrogen-bond donors (Lipinski definition) is 2. The van der Waals surface area contributed by atoms with Crippen LogP contribution in [0.15, 0.2) is 24.4 Å². The zero-order valence-corrected chi connectivity index (χ0v) is 21.9. The predicted octanol–water partition coefficient (Wildman–Crippen LogP) is 3.28. The zero-order valence-electron chi connectivity index (χ0n) is 21.9. The fraction of sp³-hybridized carbons (Fsp3) is 0.556. The van der Waals surface area contributed by atoms with E-state index in [0.717, 1.165) is 57.8 Å². The van der Waals surface area contributed by atoms with Gasteiger partial charge in [-0.15, -0.1) is 0 Å². The van der Waals surface area contributed by atoms with Crippen LogP contribution in [0.1, 0.15) is 42.7 Å². The van der Waals surface area contributed by atoms with E-state index in [1.807, 2.05) is 11.9 Å². The van der Waals surface area contributed by atoms with Gasteiger partial charge in [-0.05, 0) is 62.4 Å². The van der Waals surface area contributed by atoms with Gasteiger partial charge in [0.2, 0.25) is 5.95 Å². The van der Waals surface area contributed by atoms with Crippen molar-refractivity contribution in [2.45, 2.75) is 31.6 Å². The number of rotatable bonds is 9. The van der Waals surface area contributed by atoms with Crippen molar-refractivity contribution in [3.05, 3.63) is 35.5 Å². The summed E-state index contributed by atoms with van der Waals surface area (Å²) in [4.78, 5) is 29.8. The molecule has 3 aliphatic rings. The number of nitrogens with one attached hydrogen (secondary N) is 2. The third kappa shape index (κ3) is 6.05. The fourth-order valence-corrected chi connectivity index (χ4v) is 5.05. The molecule has 10 nitrogen and oxygen atoms in total. The van der Waals surface area contributed by atoms with E-state index in [2.05, 4.69) is 61.7 Å². The lowest BCUT2D eigenvalue weighted by Gasteiger charge is -2.34. The summed E-state index contributed by atoms with van der Waals surface area (Å²) in [5.74, 6) is 1.56. The monoisotopic (exact) mass is 503 g/mol. The fourth-order valence-electron chi connectivity index (χ4n) is 5.05. The minimum Gasteiger partial charge on any atom is -0.369 e. The third-order valence-corrected chi connectivity index (χ3v) is 7.49. The van der Waals surface area contributed by atoms with Gasteiger partial charge in [0, 0.05) is 70.8 Å². The standard InChI is InChI=1S/C27H37N9O/c1-33-13-15-35(16-14-33)22-7-8-24(23(17-22)20-5-6-20)31-26-30-19-21(18-28)25(32-26)29-9-3-11-36-12-4-10-34(2)27(36)37/h7-8,17,19-20H,3-6,9-16H2,1-2H3,(H2,29,30,31,32). The molecule has 37 heavy (non-hydrogen) atoms. The van der Waals surface area contributed by atoms with Gasteiger partial charge >= 0.3 is 6.03 Å². The molecule has 0 unspecified atom stereocenters. The molecule has 2 amide bonds. The van der Waals surface area contributed by atoms with Crippen molar-refractivity contribution in [1.29, 1.82) is 5.26 Å². The second kappa shape index (κ2) is 11.2. The van der Waals surface area contributed by atoms with Crippen LogP contribution in [-0.2, 0) is 0 Å². The highest BCUT2D eigenvalue weighted by Crippen LogP contribution is 2.45. The van der Waals surface area contributed by atoms with E-state index in [1.165, 1.54) is 24.1 Å². The summed E-state index contributed by atoms with van der Waals surface area (Å²) in [7, 11) is 4.02. The van der Waals surface area contributed by atoms with Crippen LogP contribution in [0.3, 0.4) is 0 Å². The number of nitrogens with zero attached hydrogens (tertiary/aromatic N) is 7. The number of anilines is 4. The normalized spacial score (nSPS) is 18.6. The van der Waals surface area contributed by atoms with Crippen LogP contribution < -0.4 is 15.5 Å². The Labute approximate surface area is 219 Å². The second-order valence-electron chi connectivity index (χ2n) is 10.4. The van der Waals surface area contributed by atoms with E-state index in [0.29, 0.717) is 36.3 Å². The molecule has 1 aromatic carbocycles. The highest BCUT2D eigenvalue weighted by molar-refractivity contribution is 5.74. The number of benzene rings is 1. The molecule has 3 fully saturated rings. The van der Waals surface area contributed by atoms with E-state index in [4.69, 9.17) is 0 Å². The van der Waals surface area contributed by atoms with Gasteiger partial charge in [0.05, 0.1) is 6.20 Å². The first-order valence-corrected chi connectivity index (χ1v) is 13.4. The van der Waals surface area contributed by atoms with Crippen molar-refractivity contribution < 1.29 is 4.79 Å². The molecular formula is C27H37N9O. The van der Waals surface area contributed by atoms with Gasteiger partial charge in [-0.2, -0.15) is 10.2 Å². The highest BCUT2D eigenvalue weighted by Gasteiger charge is 2.28. The number of amides is 2. The smallest absolute Gasteiger partial charge is 0.319 e. The topological polar surface area (TPSA) is 104 Å². The first kappa shape index (κ1) is 25.1. The predicted molar refractivity (Wildman–Crippen MR) is 145 cm³/mol. The van der Waals surface area contributed by atoms with E-state index in [-0.39, 0.29) is 6.03 Å². The molecule has 0 spiro atoms. The van der Waals surface area contributed by atoms with Crippen molar-refractivity contribution in [2.24, 2.45) is 0 Å². The van der Waals surface area contributed by atoms with Crippen molar-refractivity contribution in [3.8, 4) is 6.07 Å². The first-order valence-electron chi connectivity index (χ1n) is 13.4. The molecule has 2 N–H and O–H groups in total. The Hall–Kier alpha value is -3.58. The van der Waals surface area contributed by atoms with Crippen molar-refractivity contribution in [3.63, 3.8) is 0 Å². The van der Waals surface area contributed by atoms with Crippen LogP contribution in [-0.4, -0.2) is 97.2 Å². The van der Waals surface area contributed by atoms with Crippen LogP contribution in [0.4, 0.5) is 27.9 Å². The highest BCUT2D eigenvalue weighted by atomic mass is 16.2. The molecule has 2 aliphatic heterocycles. The van der Waals surface area contributed by atoms with Crippen molar-refractivity contribution in [1.82, 2.24) is 24.7 Å². The number of urea groups is 1. The van der Waals surface area contributed by atoms with E-state index < -0.39 is 0 Å². The van der Waals surface area contributed by atoms with E-state index >= 15 is 0 Å². The molecule has 5 rings (SSSR count). The molecule has 10 heteroatoms. The number of nitriles is 1. The van der Waals surface area contributed by atoms with Crippen LogP contribution in [0.25, 0.3) is 0 Å². The Bertz CT molecular complexity index is 1150. The first-order chi connectivity index (χ1) is 18.0. The molecule has 2 saturated heterocycles. The number of aromatic nitrogens is 2.